The molecule has 4 heteroatoms. The number of carbonyl (C=O) groups is 1. The van der Waals surface area contributed by atoms with Crippen molar-refractivity contribution < 1.29 is 9.18 Å². The van der Waals surface area contributed by atoms with E-state index in [1.165, 1.54) is 12.1 Å². The largest absolute Gasteiger partial charge is 0.313 e. The minimum Gasteiger partial charge on any atom is -0.313 e. The van der Waals surface area contributed by atoms with Crippen molar-refractivity contribution in [2.75, 3.05) is 11.4 Å². The third-order valence-corrected chi connectivity index (χ3v) is 3.47. The SMILES string of the molecule is CCN(C(=O)CC(C#N)c1cccc(F)c1)c1ccccc1. The maximum absolute atomic E-state index is 13.3. The average Bonchev–Trinajstić information content (AvgIpc) is 2.54. The van der Waals surface area contributed by atoms with Gasteiger partial charge in [0.1, 0.15) is 5.82 Å². The number of hydrogen-bond acceptors (Lipinski definition) is 2. The first kappa shape index (κ1) is 15.7. The zero-order chi connectivity index (χ0) is 15.9. The smallest absolute Gasteiger partial charge is 0.228 e. The minimum atomic E-state index is -0.652. The van der Waals surface area contributed by atoms with Crippen LogP contribution in [0.5, 0.6) is 0 Å². The van der Waals surface area contributed by atoms with Gasteiger partial charge in [-0.1, -0.05) is 30.3 Å². The monoisotopic (exact) mass is 296 g/mol. The highest BCUT2D eigenvalue weighted by atomic mass is 19.1. The van der Waals surface area contributed by atoms with Gasteiger partial charge in [-0.3, -0.25) is 4.79 Å². The second-order valence-corrected chi connectivity index (χ2v) is 4.91. The van der Waals surface area contributed by atoms with Gasteiger partial charge in [-0.25, -0.2) is 4.39 Å². The Balaban J connectivity index is 2.17. The summed E-state index contributed by atoms with van der Waals surface area (Å²) in [4.78, 5) is 14.1. The summed E-state index contributed by atoms with van der Waals surface area (Å²) in [6.45, 7) is 2.40. The van der Waals surface area contributed by atoms with Crippen molar-refractivity contribution in [1.82, 2.24) is 0 Å². The zero-order valence-electron chi connectivity index (χ0n) is 12.4. The molecule has 0 spiro atoms. The highest BCUT2D eigenvalue weighted by Gasteiger charge is 2.20. The van der Waals surface area contributed by atoms with Gasteiger partial charge < -0.3 is 4.90 Å². The van der Waals surface area contributed by atoms with E-state index >= 15 is 0 Å². The second kappa shape index (κ2) is 7.37. The molecule has 0 saturated carbocycles. The van der Waals surface area contributed by atoms with E-state index in [2.05, 4.69) is 6.07 Å². The minimum absolute atomic E-state index is 0.0304. The van der Waals surface area contributed by atoms with Gasteiger partial charge in [0.05, 0.1) is 12.0 Å². The fourth-order valence-electron chi connectivity index (χ4n) is 2.36. The fourth-order valence-corrected chi connectivity index (χ4v) is 2.36. The van der Waals surface area contributed by atoms with E-state index in [-0.39, 0.29) is 12.3 Å². The van der Waals surface area contributed by atoms with Crippen LogP contribution >= 0.6 is 0 Å². The molecule has 1 unspecified atom stereocenters. The number of carbonyl (C=O) groups excluding carboxylic acids is 1. The fraction of sp³-hybridized carbons (Fsp3) is 0.222. The molecule has 22 heavy (non-hydrogen) atoms. The lowest BCUT2D eigenvalue weighted by Crippen LogP contribution is -2.31. The lowest BCUT2D eigenvalue weighted by Gasteiger charge is -2.22. The van der Waals surface area contributed by atoms with E-state index in [9.17, 15) is 14.4 Å². The molecule has 2 aromatic rings. The maximum Gasteiger partial charge on any atom is 0.228 e. The molecule has 0 aromatic heterocycles. The summed E-state index contributed by atoms with van der Waals surface area (Å²) < 4.78 is 13.3. The number of anilines is 1. The van der Waals surface area contributed by atoms with Crippen molar-refractivity contribution in [3.05, 3.63) is 66.0 Å². The van der Waals surface area contributed by atoms with Crippen LogP contribution in [-0.2, 0) is 4.79 Å². The lowest BCUT2D eigenvalue weighted by molar-refractivity contribution is -0.118. The summed E-state index contributed by atoms with van der Waals surface area (Å²) in [6.07, 6.45) is 0.0304. The number of benzene rings is 2. The Morgan fingerprint density at radius 3 is 2.55 bits per heavy atom. The van der Waals surface area contributed by atoms with E-state index < -0.39 is 11.7 Å². The molecule has 0 heterocycles. The van der Waals surface area contributed by atoms with E-state index in [0.29, 0.717) is 12.1 Å². The van der Waals surface area contributed by atoms with Crippen LogP contribution in [-0.4, -0.2) is 12.5 Å². The molecule has 1 atom stereocenters. The van der Waals surface area contributed by atoms with Crippen molar-refractivity contribution in [3.8, 4) is 6.07 Å². The Labute approximate surface area is 129 Å². The van der Waals surface area contributed by atoms with Crippen LogP contribution < -0.4 is 4.90 Å². The Hall–Kier alpha value is -2.67. The Bertz CT molecular complexity index is 679. The molecule has 0 aliphatic heterocycles. The van der Waals surface area contributed by atoms with Gasteiger partial charge >= 0.3 is 0 Å². The molecule has 0 fully saturated rings. The van der Waals surface area contributed by atoms with Crippen molar-refractivity contribution in [3.63, 3.8) is 0 Å². The van der Waals surface area contributed by atoms with Crippen molar-refractivity contribution in [2.45, 2.75) is 19.3 Å². The topological polar surface area (TPSA) is 44.1 Å². The first-order valence-electron chi connectivity index (χ1n) is 7.16. The van der Waals surface area contributed by atoms with Crippen molar-refractivity contribution in [2.24, 2.45) is 0 Å². The van der Waals surface area contributed by atoms with Crippen molar-refractivity contribution in [1.29, 1.82) is 5.26 Å². The van der Waals surface area contributed by atoms with E-state index in [1.54, 1.807) is 17.0 Å². The molecule has 2 rings (SSSR count). The summed E-state index contributed by atoms with van der Waals surface area (Å²) >= 11 is 0. The van der Waals surface area contributed by atoms with Crippen LogP contribution in [0.1, 0.15) is 24.8 Å². The van der Waals surface area contributed by atoms with Gasteiger partial charge in [0.25, 0.3) is 0 Å². The molecule has 0 saturated heterocycles. The lowest BCUT2D eigenvalue weighted by atomic mass is 9.96. The summed E-state index contributed by atoms with van der Waals surface area (Å²) in [5.41, 5.74) is 1.32. The van der Waals surface area contributed by atoms with E-state index in [1.807, 2.05) is 37.3 Å². The molecular weight excluding hydrogens is 279 g/mol. The number of nitriles is 1. The summed E-state index contributed by atoms with van der Waals surface area (Å²) in [5.74, 6) is -1.20. The predicted molar refractivity (Wildman–Crippen MR) is 83.8 cm³/mol. The molecule has 2 aromatic carbocycles. The average molecular weight is 296 g/mol. The number of nitrogens with zero attached hydrogens (tertiary/aromatic N) is 2. The maximum atomic E-state index is 13.3. The third kappa shape index (κ3) is 3.70. The molecule has 0 aliphatic carbocycles. The molecule has 0 bridgehead atoms. The van der Waals surface area contributed by atoms with Gasteiger partial charge in [0.15, 0.2) is 0 Å². The predicted octanol–water partition coefficient (Wildman–Crippen LogP) is 3.88. The van der Waals surface area contributed by atoms with Crippen LogP contribution in [0.25, 0.3) is 0 Å². The third-order valence-electron chi connectivity index (χ3n) is 3.47. The van der Waals surface area contributed by atoms with Crippen molar-refractivity contribution >= 4 is 11.6 Å². The zero-order valence-corrected chi connectivity index (χ0v) is 12.4. The van der Waals surface area contributed by atoms with Crippen LogP contribution in [0, 0.1) is 17.1 Å². The van der Waals surface area contributed by atoms with E-state index in [4.69, 9.17) is 0 Å². The Morgan fingerprint density at radius 2 is 1.95 bits per heavy atom. The Kier molecular flexibility index (Phi) is 5.26. The normalized spacial score (nSPS) is 11.5. The number of hydrogen-bond donors (Lipinski definition) is 0. The number of halogens is 1. The van der Waals surface area contributed by atoms with Crippen LogP contribution in [0.4, 0.5) is 10.1 Å². The first-order valence-corrected chi connectivity index (χ1v) is 7.16. The van der Waals surface area contributed by atoms with Crippen LogP contribution in [0.2, 0.25) is 0 Å². The molecule has 0 N–H and O–H groups in total. The second-order valence-electron chi connectivity index (χ2n) is 4.91. The highest BCUT2D eigenvalue weighted by molar-refractivity contribution is 5.94. The summed E-state index contributed by atoms with van der Waals surface area (Å²) in [6, 6.07) is 17.2. The van der Waals surface area contributed by atoms with E-state index in [0.717, 1.165) is 5.69 Å². The highest BCUT2D eigenvalue weighted by Crippen LogP contribution is 2.23. The van der Waals surface area contributed by atoms with Crippen LogP contribution in [0.15, 0.2) is 54.6 Å². The summed E-state index contributed by atoms with van der Waals surface area (Å²) in [7, 11) is 0. The molecular formula is C18H17FN2O. The number of para-hydroxylation sites is 1. The standard InChI is InChI=1S/C18H17FN2O/c1-2-21(17-9-4-3-5-10-17)18(22)12-15(13-20)14-7-6-8-16(19)11-14/h3-11,15H,2,12H2,1H3. The molecule has 3 nitrogen and oxygen atoms in total. The molecule has 1 amide bonds. The van der Waals surface area contributed by atoms with Crippen LogP contribution in [0.3, 0.4) is 0 Å². The molecule has 0 radical (unpaired) electrons. The number of rotatable bonds is 5. The van der Waals surface area contributed by atoms with Gasteiger partial charge in [-0.05, 0) is 36.8 Å². The van der Waals surface area contributed by atoms with Gasteiger partial charge in [-0.2, -0.15) is 5.26 Å². The Morgan fingerprint density at radius 1 is 1.23 bits per heavy atom. The molecule has 112 valence electrons. The molecule has 0 aliphatic rings. The summed E-state index contributed by atoms with van der Waals surface area (Å²) in [5, 5.41) is 9.30. The first-order chi connectivity index (χ1) is 10.7. The number of amides is 1. The quantitative estimate of drug-likeness (QED) is 0.840. The van der Waals surface area contributed by atoms with Gasteiger partial charge in [-0.15, -0.1) is 0 Å². The van der Waals surface area contributed by atoms with Gasteiger partial charge in [0.2, 0.25) is 5.91 Å². The van der Waals surface area contributed by atoms with Gasteiger partial charge in [0, 0.05) is 18.7 Å².